The van der Waals surface area contributed by atoms with Gasteiger partial charge in [-0.15, -0.1) is 0 Å². The molecular weight excluding hydrogens is 214 g/mol. The maximum Gasteiger partial charge on any atom is 0.253 e. The molecule has 0 aliphatic carbocycles. The number of pyridine rings is 1. The van der Waals surface area contributed by atoms with Gasteiger partial charge in [-0.2, -0.15) is 0 Å². The molecule has 94 valence electrons. The Morgan fingerprint density at radius 3 is 2.71 bits per heavy atom. The number of nitrogens with one attached hydrogen (secondary N) is 1. The lowest BCUT2D eigenvalue weighted by molar-refractivity contribution is 0.0935. The first-order valence-electron chi connectivity index (χ1n) is 5.93. The summed E-state index contributed by atoms with van der Waals surface area (Å²) in [5, 5.41) is 2.96. The number of hydrogen-bond donors (Lipinski definition) is 2. The fraction of sp³-hybridized carbons (Fsp3) is 0.538. The van der Waals surface area contributed by atoms with Crippen LogP contribution in [0.2, 0.25) is 0 Å². The molecule has 1 unspecified atom stereocenters. The van der Waals surface area contributed by atoms with Gasteiger partial charge in [0.15, 0.2) is 0 Å². The number of carbonyl (C=O) groups is 1. The van der Waals surface area contributed by atoms with E-state index in [4.69, 9.17) is 5.73 Å². The van der Waals surface area contributed by atoms with Crippen LogP contribution in [0.5, 0.6) is 0 Å². The molecule has 0 saturated carbocycles. The van der Waals surface area contributed by atoms with Crippen LogP contribution in [0.15, 0.2) is 12.3 Å². The van der Waals surface area contributed by atoms with E-state index in [1.54, 1.807) is 12.3 Å². The number of anilines is 1. The van der Waals surface area contributed by atoms with Crippen molar-refractivity contribution in [2.24, 2.45) is 5.92 Å². The average molecular weight is 235 g/mol. The van der Waals surface area contributed by atoms with Gasteiger partial charge in [-0.3, -0.25) is 9.78 Å². The minimum Gasteiger partial charge on any atom is -0.397 e. The Labute approximate surface area is 103 Å². The van der Waals surface area contributed by atoms with Crippen LogP contribution >= 0.6 is 0 Å². The number of nitrogens with zero attached hydrogens (tertiary/aromatic N) is 1. The zero-order valence-corrected chi connectivity index (χ0v) is 10.9. The Morgan fingerprint density at radius 1 is 1.47 bits per heavy atom. The van der Waals surface area contributed by atoms with Gasteiger partial charge >= 0.3 is 0 Å². The van der Waals surface area contributed by atoms with Gasteiger partial charge in [0, 0.05) is 6.04 Å². The fourth-order valence-electron chi connectivity index (χ4n) is 1.85. The van der Waals surface area contributed by atoms with E-state index in [0.29, 0.717) is 22.9 Å². The number of nitrogen functional groups attached to an aromatic ring is 1. The molecule has 0 spiro atoms. The van der Waals surface area contributed by atoms with Crippen LogP contribution in [0.1, 0.15) is 43.2 Å². The highest BCUT2D eigenvalue weighted by Crippen LogP contribution is 2.11. The highest BCUT2D eigenvalue weighted by Gasteiger charge is 2.13. The maximum atomic E-state index is 12.0. The van der Waals surface area contributed by atoms with Crippen LogP contribution in [-0.2, 0) is 0 Å². The quantitative estimate of drug-likeness (QED) is 0.840. The second-order valence-electron chi connectivity index (χ2n) is 4.91. The first-order valence-corrected chi connectivity index (χ1v) is 5.93. The largest absolute Gasteiger partial charge is 0.397 e. The van der Waals surface area contributed by atoms with Gasteiger partial charge in [0.05, 0.1) is 23.1 Å². The van der Waals surface area contributed by atoms with E-state index >= 15 is 0 Å². The average Bonchev–Trinajstić information content (AvgIpc) is 2.20. The number of aryl methyl sites for hydroxylation is 1. The highest BCUT2D eigenvalue weighted by atomic mass is 16.1. The molecule has 0 bridgehead atoms. The van der Waals surface area contributed by atoms with E-state index in [9.17, 15) is 4.79 Å². The van der Waals surface area contributed by atoms with Gasteiger partial charge in [-0.1, -0.05) is 13.8 Å². The fourth-order valence-corrected chi connectivity index (χ4v) is 1.85. The molecule has 0 aliphatic rings. The molecule has 0 aliphatic heterocycles. The predicted octanol–water partition coefficient (Wildman–Crippen LogP) is 2.14. The van der Waals surface area contributed by atoms with Crippen LogP contribution in [0, 0.1) is 12.8 Å². The van der Waals surface area contributed by atoms with Gasteiger partial charge in [0.1, 0.15) is 0 Å². The van der Waals surface area contributed by atoms with E-state index in [2.05, 4.69) is 24.1 Å². The number of amides is 1. The number of carbonyl (C=O) groups excluding carboxylic acids is 1. The Kier molecular flexibility index (Phi) is 4.49. The zero-order chi connectivity index (χ0) is 13.0. The smallest absolute Gasteiger partial charge is 0.253 e. The monoisotopic (exact) mass is 235 g/mol. The highest BCUT2D eigenvalue weighted by molar-refractivity contribution is 5.96. The summed E-state index contributed by atoms with van der Waals surface area (Å²) in [4.78, 5) is 16.1. The van der Waals surface area contributed by atoms with Gasteiger partial charge in [-0.05, 0) is 32.3 Å². The molecule has 4 nitrogen and oxygen atoms in total. The normalized spacial score (nSPS) is 12.5. The Balaban J connectivity index is 2.73. The summed E-state index contributed by atoms with van der Waals surface area (Å²) in [6, 6.07) is 1.82. The number of nitrogens with two attached hydrogens (primary N) is 1. The number of rotatable bonds is 4. The van der Waals surface area contributed by atoms with E-state index < -0.39 is 0 Å². The molecule has 0 saturated heterocycles. The third-order valence-electron chi connectivity index (χ3n) is 2.56. The van der Waals surface area contributed by atoms with Crippen molar-refractivity contribution in [3.8, 4) is 0 Å². The van der Waals surface area contributed by atoms with E-state index in [-0.39, 0.29) is 11.9 Å². The van der Waals surface area contributed by atoms with Gasteiger partial charge < -0.3 is 11.1 Å². The molecule has 3 N–H and O–H groups in total. The topological polar surface area (TPSA) is 68.0 Å². The molecule has 1 aromatic rings. The summed E-state index contributed by atoms with van der Waals surface area (Å²) in [7, 11) is 0. The molecule has 0 radical (unpaired) electrons. The third-order valence-corrected chi connectivity index (χ3v) is 2.56. The molecule has 1 aromatic heterocycles. The van der Waals surface area contributed by atoms with E-state index in [1.165, 1.54) is 0 Å². The van der Waals surface area contributed by atoms with Gasteiger partial charge in [-0.25, -0.2) is 0 Å². The van der Waals surface area contributed by atoms with E-state index in [1.807, 2.05) is 13.8 Å². The molecule has 17 heavy (non-hydrogen) atoms. The molecular formula is C13H21N3O. The molecule has 0 aromatic carbocycles. The molecule has 4 heteroatoms. The van der Waals surface area contributed by atoms with Crippen LogP contribution in [-0.4, -0.2) is 16.9 Å². The third kappa shape index (κ3) is 4.06. The second-order valence-corrected chi connectivity index (χ2v) is 4.91. The zero-order valence-electron chi connectivity index (χ0n) is 10.9. The summed E-state index contributed by atoms with van der Waals surface area (Å²) in [5.74, 6) is 0.459. The molecule has 1 atom stereocenters. The molecule has 1 rings (SSSR count). The SMILES string of the molecule is Cc1ncc(N)cc1C(=O)NC(C)CC(C)C. The predicted molar refractivity (Wildman–Crippen MR) is 69.8 cm³/mol. The van der Waals surface area contributed by atoms with Crippen LogP contribution in [0.25, 0.3) is 0 Å². The van der Waals surface area contributed by atoms with Crippen LogP contribution in [0.3, 0.4) is 0 Å². The van der Waals surface area contributed by atoms with Crippen molar-refractivity contribution in [1.82, 2.24) is 10.3 Å². The van der Waals surface area contributed by atoms with E-state index in [0.717, 1.165) is 6.42 Å². The minimum atomic E-state index is -0.101. The number of hydrogen-bond acceptors (Lipinski definition) is 3. The van der Waals surface area contributed by atoms with Crippen molar-refractivity contribution in [2.75, 3.05) is 5.73 Å². The molecule has 1 heterocycles. The molecule has 1 amide bonds. The maximum absolute atomic E-state index is 12.0. The lowest BCUT2D eigenvalue weighted by Crippen LogP contribution is -2.34. The summed E-state index contributed by atoms with van der Waals surface area (Å²) in [6.07, 6.45) is 2.52. The summed E-state index contributed by atoms with van der Waals surface area (Å²) < 4.78 is 0. The van der Waals surface area contributed by atoms with Crippen molar-refractivity contribution in [2.45, 2.75) is 40.2 Å². The summed E-state index contributed by atoms with van der Waals surface area (Å²) >= 11 is 0. The van der Waals surface area contributed by atoms with Crippen molar-refractivity contribution < 1.29 is 4.79 Å². The van der Waals surface area contributed by atoms with Gasteiger partial charge in [0.25, 0.3) is 5.91 Å². The standard InChI is InChI=1S/C13H21N3O/c1-8(2)5-9(3)16-13(17)12-6-11(14)7-15-10(12)4/h6-9H,5,14H2,1-4H3,(H,16,17). The van der Waals surface area contributed by atoms with Gasteiger partial charge in [0.2, 0.25) is 0 Å². The molecule has 0 fully saturated rings. The van der Waals surface area contributed by atoms with Crippen molar-refractivity contribution >= 4 is 11.6 Å². The van der Waals surface area contributed by atoms with Crippen LogP contribution in [0.4, 0.5) is 5.69 Å². The lowest BCUT2D eigenvalue weighted by Gasteiger charge is -2.16. The lowest BCUT2D eigenvalue weighted by atomic mass is 10.0. The van der Waals surface area contributed by atoms with Crippen molar-refractivity contribution in [1.29, 1.82) is 0 Å². The first-order chi connectivity index (χ1) is 7.90. The first kappa shape index (κ1) is 13.5. The van der Waals surface area contributed by atoms with Crippen molar-refractivity contribution in [3.05, 3.63) is 23.5 Å². The van der Waals surface area contributed by atoms with Crippen LogP contribution < -0.4 is 11.1 Å². The Hall–Kier alpha value is -1.58. The Bertz CT molecular complexity index is 402. The second kappa shape index (κ2) is 5.66. The summed E-state index contributed by atoms with van der Waals surface area (Å²) in [6.45, 7) is 8.08. The van der Waals surface area contributed by atoms with Crippen molar-refractivity contribution in [3.63, 3.8) is 0 Å². The summed E-state index contributed by atoms with van der Waals surface area (Å²) in [5.41, 5.74) is 7.40. The Morgan fingerprint density at radius 2 is 2.12 bits per heavy atom. The minimum absolute atomic E-state index is 0.101. The number of aromatic nitrogens is 1.